The average Bonchev–Trinajstić information content (AvgIpc) is 3.15. The molecule has 0 bridgehead atoms. The van der Waals surface area contributed by atoms with E-state index in [0.29, 0.717) is 12.5 Å². The summed E-state index contributed by atoms with van der Waals surface area (Å²) in [6, 6.07) is -1.19. The van der Waals surface area contributed by atoms with Crippen LogP contribution in [0.2, 0.25) is 0 Å². The van der Waals surface area contributed by atoms with Crippen LogP contribution in [0.4, 0.5) is 26.3 Å². The lowest BCUT2D eigenvalue weighted by Crippen LogP contribution is -2.52. The highest BCUT2D eigenvalue weighted by atomic mass is 19.4. The van der Waals surface area contributed by atoms with Crippen molar-refractivity contribution in [1.82, 2.24) is 15.4 Å². The van der Waals surface area contributed by atoms with Crippen LogP contribution in [-0.4, -0.2) is 65.7 Å². The minimum absolute atomic E-state index is 0.133. The number of amides is 3. The van der Waals surface area contributed by atoms with Crippen molar-refractivity contribution in [2.45, 2.75) is 37.8 Å². The van der Waals surface area contributed by atoms with E-state index in [1.54, 1.807) is 0 Å². The van der Waals surface area contributed by atoms with E-state index in [2.05, 4.69) is 19.7 Å². The molecule has 2 aliphatic heterocycles. The molecule has 1 aromatic rings. The number of halogens is 6. The summed E-state index contributed by atoms with van der Waals surface area (Å²) in [6.45, 7) is -1.30. The quantitative estimate of drug-likeness (QED) is 0.485. The maximum atomic E-state index is 13.0. The first-order valence-corrected chi connectivity index (χ1v) is 10.8. The molecule has 3 N–H and O–H groups in total. The number of nitrogens with one attached hydrogen (secondary N) is 1. The molecule has 3 aliphatic rings. The predicted octanol–water partition coefficient (Wildman–Crippen LogP) is 1.26. The largest absolute Gasteiger partial charge is 0.522 e. The number of piperidine rings is 1. The molecule has 3 heterocycles. The molecule has 3 fully saturated rings. The highest BCUT2D eigenvalue weighted by Gasteiger charge is 2.73. The monoisotopic (exact) mass is 526 g/mol. The van der Waals surface area contributed by atoms with E-state index in [1.807, 2.05) is 0 Å². The zero-order valence-electron chi connectivity index (χ0n) is 18.3. The number of aromatic nitrogens is 1. The smallest absolute Gasteiger partial charge is 0.368 e. The third-order valence-corrected chi connectivity index (χ3v) is 7.08. The second kappa shape index (κ2) is 8.74. The number of hydrogen-bond donors (Lipinski definition) is 2. The molecule has 36 heavy (non-hydrogen) atoms. The molecule has 3 amide bonds. The van der Waals surface area contributed by atoms with Crippen LogP contribution in [0.1, 0.15) is 35.5 Å². The number of fused-ring (bicyclic) bond motifs is 1. The van der Waals surface area contributed by atoms with E-state index in [1.165, 1.54) is 0 Å². The fraction of sp³-hybridized carbons (Fsp3) is 0.650. The van der Waals surface area contributed by atoms with Gasteiger partial charge in [-0.1, -0.05) is 5.16 Å². The molecule has 198 valence electrons. The molecule has 1 aromatic heterocycles. The SMILES string of the molecule is NC(=O)C1N(C(=O)c2cc(C(F)(F)F)on2)CC2CC21[C@H](C[C@H]1CCNC1=O)C(=O)COC(F)(F)F. The Bertz CT molecular complexity index is 1090. The van der Waals surface area contributed by atoms with Crippen LogP contribution < -0.4 is 11.1 Å². The van der Waals surface area contributed by atoms with E-state index in [-0.39, 0.29) is 25.9 Å². The first kappa shape index (κ1) is 25.9. The second-order valence-electron chi connectivity index (χ2n) is 9.12. The summed E-state index contributed by atoms with van der Waals surface area (Å²) in [6.07, 6.45) is -9.83. The Kier molecular flexibility index (Phi) is 6.29. The molecule has 16 heteroatoms. The van der Waals surface area contributed by atoms with Crippen molar-refractivity contribution in [3.63, 3.8) is 0 Å². The van der Waals surface area contributed by atoms with Crippen LogP contribution in [0.25, 0.3) is 0 Å². The summed E-state index contributed by atoms with van der Waals surface area (Å²) in [4.78, 5) is 51.4. The minimum Gasteiger partial charge on any atom is -0.368 e. The van der Waals surface area contributed by atoms with E-state index in [9.17, 15) is 45.5 Å². The molecular weight excluding hydrogens is 506 g/mol. The van der Waals surface area contributed by atoms with Gasteiger partial charge in [-0.25, -0.2) is 0 Å². The maximum Gasteiger partial charge on any atom is 0.522 e. The zero-order valence-corrected chi connectivity index (χ0v) is 18.3. The zero-order chi connectivity index (χ0) is 26.6. The Morgan fingerprint density at radius 3 is 2.50 bits per heavy atom. The second-order valence-corrected chi connectivity index (χ2v) is 9.12. The Morgan fingerprint density at radius 2 is 1.97 bits per heavy atom. The van der Waals surface area contributed by atoms with E-state index in [0.717, 1.165) is 4.90 Å². The molecule has 2 saturated heterocycles. The summed E-state index contributed by atoms with van der Waals surface area (Å²) >= 11 is 0. The van der Waals surface area contributed by atoms with Gasteiger partial charge in [-0.05, 0) is 25.2 Å². The molecule has 0 spiro atoms. The molecule has 10 nitrogen and oxygen atoms in total. The first-order chi connectivity index (χ1) is 16.6. The van der Waals surface area contributed by atoms with Crippen molar-refractivity contribution in [2.75, 3.05) is 19.7 Å². The summed E-state index contributed by atoms with van der Waals surface area (Å²) in [5.74, 6) is -7.84. The van der Waals surface area contributed by atoms with E-state index < -0.39 is 83.3 Å². The number of primary amides is 1. The molecule has 0 aromatic carbocycles. The lowest BCUT2D eigenvalue weighted by molar-refractivity contribution is -0.321. The fourth-order valence-electron chi connectivity index (χ4n) is 5.52. The van der Waals surface area contributed by atoms with Crippen molar-refractivity contribution in [1.29, 1.82) is 0 Å². The van der Waals surface area contributed by atoms with Gasteiger partial charge in [0.25, 0.3) is 5.91 Å². The summed E-state index contributed by atoms with van der Waals surface area (Å²) in [5, 5.41) is 5.67. The van der Waals surface area contributed by atoms with Gasteiger partial charge in [-0.15, -0.1) is 13.2 Å². The van der Waals surface area contributed by atoms with Crippen LogP contribution in [0.5, 0.6) is 0 Å². The Hall–Kier alpha value is -3.17. The molecular formula is C20H20F6N4O6. The van der Waals surface area contributed by atoms with Crippen LogP contribution in [0, 0.1) is 23.2 Å². The van der Waals surface area contributed by atoms with Gasteiger partial charge >= 0.3 is 12.5 Å². The topological polar surface area (TPSA) is 145 Å². The Morgan fingerprint density at radius 1 is 1.28 bits per heavy atom. The van der Waals surface area contributed by atoms with Gasteiger partial charge in [0, 0.05) is 36.4 Å². The standard InChI is InChI=1S/C20H20F6N4O6/c21-19(22,23)13-4-11(29-36-13)17(34)30-6-9-5-18(9,14(30)15(27)32)10(3-8-1-2-28-16(8)33)12(31)7-35-20(24,25)26/h4,8-10,14H,1-3,5-7H2,(H2,27,32)(H,28,33)/t8-,9?,10-,14?,18?/m1/s1. The first-order valence-electron chi connectivity index (χ1n) is 10.8. The molecule has 1 saturated carbocycles. The molecule has 0 radical (unpaired) electrons. The lowest BCUT2D eigenvalue weighted by atomic mass is 9.74. The molecule has 3 unspecified atom stereocenters. The molecule has 1 aliphatic carbocycles. The highest BCUT2D eigenvalue weighted by molar-refractivity contribution is 5.98. The van der Waals surface area contributed by atoms with Gasteiger partial charge in [0.05, 0.1) is 0 Å². The van der Waals surface area contributed by atoms with Crippen molar-refractivity contribution >= 4 is 23.5 Å². The normalized spacial score (nSPS) is 28.6. The van der Waals surface area contributed by atoms with Gasteiger partial charge in [-0.3, -0.25) is 23.9 Å². The number of rotatable bonds is 8. The number of nitrogens with zero attached hydrogens (tertiary/aromatic N) is 2. The number of likely N-dealkylation sites (tertiary alicyclic amines) is 1. The van der Waals surface area contributed by atoms with Gasteiger partial charge in [0.15, 0.2) is 11.5 Å². The Labute approximate surface area is 198 Å². The van der Waals surface area contributed by atoms with Crippen molar-refractivity contribution < 1.29 is 54.8 Å². The number of nitrogens with two attached hydrogens (primary N) is 1. The lowest BCUT2D eigenvalue weighted by Gasteiger charge is -2.34. The number of alkyl halides is 6. The van der Waals surface area contributed by atoms with Gasteiger partial charge < -0.3 is 20.5 Å². The van der Waals surface area contributed by atoms with Crippen molar-refractivity contribution in [2.24, 2.45) is 28.9 Å². The predicted molar refractivity (Wildman–Crippen MR) is 102 cm³/mol. The third-order valence-electron chi connectivity index (χ3n) is 7.08. The van der Waals surface area contributed by atoms with Crippen LogP contribution in [0.15, 0.2) is 10.6 Å². The minimum atomic E-state index is -5.12. The number of ether oxygens (including phenoxy) is 1. The van der Waals surface area contributed by atoms with E-state index >= 15 is 0 Å². The molecule has 4 rings (SSSR count). The average molecular weight is 526 g/mol. The number of carbonyl (C=O) groups excluding carboxylic acids is 4. The molecule has 5 atom stereocenters. The van der Waals surface area contributed by atoms with Crippen molar-refractivity contribution in [3.05, 3.63) is 17.5 Å². The summed E-state index contributed by atoms with van der Waals surface area (Å²) in [7, 11) is 0. The number of hydrogen-bond acceptors (Lipinski definition) is 7. The van der Waals surface area contributed by atoms with Crippen LogP contribution in [-0.2, 0) is 25.3 Å². The Balaban J connectivity index is 1.64. The van der Waals surface area contributed by atoms with Crippen LogP contribution >= 0.6 is 0 Å². The highest BCUT2D eigenvalue weighted by Crippen LogP contribution is 2.67. The number of Topliss-reactive ketones (excluding diaryl/α,β-unsaturated/α-hetero) is 1. The number of ketones is 1. The van der Waals surface area contributed by atoms with Gasteiger partial charge in [0.2, 0.25) is 17.6 Å². The number of carbonyl (C=O) groups is 4. The van der Waals surface area contributed by atoms with Gasteiger partial charge in [-0.2, -0.15) is 13.2 Å². The van der Waals surface area contributed by atoms with Crippen molar-refractivity contribution in [3.8, 4) is 0 Å². The summed E-state index contributed by atoms with van der Waals surface area (Å²) < 4.78 is 84.3. The maximum absolute atomic E-state index is 13.0. The third kappa shape index (κ3) is 4.65. The summed E-state index contributed by atoms with van der Waals surface area (Å²) in [5.41, 5.74) is 3.38. The fourth-order valence-corrected chi connectivity index (χ4v) is 5.52. The van der Waals surface area contributed by atoms with Crippen LogP contribution in [0.3, 0.4) is 0 Å². The van der Waals surface area contributed by atoms with Gasteiger partial charge in [0.1, 0.15) is 12.6 Å². The van der Waals surface area contributed by atoms with E-state index in [4.69, 9.17) is 5.73 Å².